The van der Waals surface area contributed by atoms with Gasteiger partial charge in [-0.3, -0.25) is 5.32 Å². The highest BCUT2D eigenvalue weighted by molar-refractivity contribution is 9.10. The number of rotatable bonds is 2. The van der Waals surface area contributed by atoms with E-state index in [2.05, 4.69) is 21.2 Å². The average Bonchev–Trinajstić information content (AvgIpc) is 2.31. The Bertz CT molecular complexity index is 451. The van der Waals surface area contributed by atoms with Crippen molar-refractivity contribution in [2.24, 2.45) is 0 Å². The van der Waals surface area contributed by atoms with Crippen LogP contribution >= 0.6 is 15.9 Å². The summed E-state index contributed by atoms with van der Waals surface area (Å²) < 4.78 is 30.3. The summed E-state index contributed by atoms with van der Waals surface area (Å²) in [7, 11) is -3.34. The number of hydrogen-bond donors (Lipinski definition) is 1. The number of morpholine rings is 1. The Morgan fingerprint density at radius 2 is 2.00 bits per heavy atom. The molecule has 1 aliphatic heterocycles. The van der Waals surface area contributed by atoms with Crippen molar-refractivity contribution >= 4 is 25.8 Å². The average molecular weight is 306 g/mol. The molecule has 0 saturated carbocycles. The Hall–Kier alpha value is -0.430. The molecule has 1 saturated heterocycles. The molecule has 1 unspecified atom stereocenters. The summed E-state index contributed by atoms with van der Waals surface area (Å²) in [5.41, 5.74) is 0. The monoisotopic (exact) mass is 305 g/mol. The van der Waals surface area contributed by atoms with Gasteiger partial charge in [0.25, 0.3) is 0 Å². The maximum absolute atomic E-state index is 12.1. The zero-order chi connectivity index (χ0) is 11.6. The smallest absolute Gasteiger partial charge is 0.196 e. The predicted molar refractivity (Wildman–Crippen MR) is 63.9 cm³/mol. The normalized spacial score (nSPS) is 21.9. The van der Waals surface area contributed by atoms with Crippen LogP contribution in [0.15, 0.2) is 33.6 Å². The molecule has 1 atom stereocenters. The molecule has 2 rings (SSSR count). The Morgan fingerprint density at radius 1 is 1.31 bits per heavy atom. The molecular weight excluding hydrogens is 294 g/mol. The lowest BCUT2D eigenvalue weighted by molar-refractivity contribution is 0.0978. The maximum Gasteiger partial charge on any atom is 0.196 e. The van der Waals surface area contributed by atoms with Crippen LogP contribution in [-0.4, -0.2) is 33.6 Å². The maximum atomic E-state index is 12.1. The van der Waals surface area contributed by atoms with Crippen LogP contribution in [-0.2, 0) is 14.6 Å². The Balaban J connectivity index is 2.27. The largest absolute Gasteiger partial charge is 0.377 e. The van der Waals surface area contributed by atoms with Crippen molar-refractivity contribution in [1.29, 1.82) is 0 Å². The first kappa shape index (κ1) is 12.0. The molecule has 1 aromatic carbocycles. The third-order valence-electron chi connectivity index (χ3n) is 2.40. The number of sulfone groups is 1. The van der Waals surface area contributed by atoms with Gasteiger partial charge in [0.15, 0.2) is 9.84 Å². The lowest BCUT2D eigenvalue weighted by atomic mass is 10.4. The molecule has 1 aromatic rings. The van der Waals surface area contributed by atoms with Gasteiger partial charge in [-0.05, 0) is 24.3 Å². The molecule has 0 aliphatic carbocycles. The van der Waals surface area contributed by atoms with Crippen LogP contribution in [0.1, 0.15) is 0 Å². The van der Waals surface area contributed by atoms with Gasteiger partial charge in [0, 0.05) is 11.0 Å². The van der Waals surface area contributed by atoms with Gasteiger partial charge in [-0.15, -0.1) is 0 Å². The fourth-order valence-electron chi connectivity index (χ4n) is 1.53. The molecule has 6 heteroatoms. The van der Waals surface area contributed by atoms with Crippen molar-refractivity contribution in [3.63, 3.8) is 0 Å². The number of nitrogens with one attached hydrogen (secondary N) is 1. The third-order valence-corrected chi connectivity index (χ3v) is 4.91. The van der Waals surface area contributed by atoms with Gasteiger partial charge in [-0.2, -0.15) is 0 Å². The second-order valence-electron chi connectivity index (χ2n) is 3.52. The summed E-state index contributed by atoms with van der Waals surface area (Å²) in [5.74, 6) is 0. The number of hydrogen-bond acceptors (Lipinski definition) is 4. The lowest BCUT2D eigenvalue weighted by Crippen LogP contribution is -2.46. The summed E-state index contributed by atoms with van der Waals surface area (Å²) >= 11 is 3.27. The Labute approximate surface area is 103 Å². The van der Waals surface area contributed by atoms with Crippen LogP contribution in [0.25, 0.3) is 0 Å². The minimum absolute atomic E-state index is 0.207. The molecular formula is C10H12BrNO3S. The molecule has 0 spiro atoms. The standard InChI is InChI=1S/C10H12BrNO3S/c11-8-1-3-9(4-2-8)16(13,14)10-7-15-6-5-12-10/h1-4,10,12H,5-7H2. The highest BCUT2D eigenvalue weighted by Gasteiger charge is 2.29. The van der Waals surface area contributed by atoms with E-state index in [0.717, 1.165) is 4.47 Å². The number of benzene rings is 1. The van der Waals surface area contributed by atoms with Gasteiger partial charge >= 0.3 is 0 Å². The van der Waals surface area contributed by atoms with Gasteiger partial charge < -0.3 is 4.74 Å². The van der Waals surface area contributed by atoms with Crippen molar-refractivity contribution in [2.75, 3.05) is 19.8 Å². The molecule has 1 aliphatic rings. The van der Waals surface area contributed by atoms with Crippen LogP contribution in [0.4, 0.5) is 0 Å². The van der Waals surface area contributed by atoms with Crippen molar-refractivity contribution in [3.05, 3.63) is 28.7 Å². The van der Waals surface area contributed by atoms with Gasteiger partial charge in [-0.1, -0.05) is 15.9 Å². The molecule has 1 heterocycles. The van der Waals surface area contributed by atoms with Crippen LogP contribution in [0.2, 0.25) is 0 Å². The zero-order valence-electron chi connectivity index (χ0n) is 8.52. The van der Waals surface area contributed by atoms with Crippen LogP contribution in [0, 0.1) is 0 Å². The zero-order valence-corrected chi connectivity index (χ0v) is 10.9. The molecule has 16 heavy (non-hydrogen) atoms. The molecule has 0 aromatic heterocycles. The first-order valence-electron chi connectivity index (χ1n) is 4.91. The number of halogens is 1. The van der Waals surface area contributed by atoms with E-state index in [1.54, 1.807) is 24.3 Å². The lowest BCUT2D eigenvalue weighted by Gasteiger charge is -2.23. The van der Waals surface area contributed by atoms with Crippen LogP contribution in [0.3, 0.4) is 0 Å². The Kier molecular flexibility index (Phi) is 3.63. The van der Waals surface area contributed by atoms with E-state index >= 15 is 0 Å². The minimum Gasteiger partial charge on any atom is -0.377 e. The van der Waals surface area contributed by atoms with Crippen LogP contribution < -0.4 is 5.32 Å². The second kappa shape index (κ2) is 4.83. The predicted octanol–water partition coefficient (Wildman–Crippen LogP) is 1.17. The molecule has 0 bridgehead atoms. The van der Waals surface area contributed by atoms with Crippen molar-refractivity contribution in [3.8, 4) is 0 Å². The van der Waals surface area contributed by atoms with Crippen molar-refractivity contribution in [2.45, 2.75) is 10.3 Å². The summed E-state index contributed by atoms with van der Waals surface area (Å²) in [6.07, 6.45) is 0. The topological polar surface area (TPSA) is 55.4 Å². The SMILES string of the molecule is O=S(=O)(c1ccc(Br)cc1)C1COCCN1. The van der Waals surface area contributed by atoms with Gasteiger partial charge in [0.2, 0.25) is 0 Å². The summed E-state index contributed by atoms with van der Waals surface area (Å²) in [6.45, 7) is 1.34. The van der Waals surface area contributed by atoms with E-state index < -0.39 is 15.2 Å². The van der Waals surface area contributed by atoms with E-state index in [0.29, 0.717) is 18.0 Å². The van der Waals surface area contributed by atoms with Crippen LogP contribution in [0.5, 0.6) is 0 Å². The van der Waals surface area contributed by atoms with Crippen molar-refractivity contribution in [1.82, 2.24) is 5.32 Å². The molecule has 88 valence electrons. The second-order valence-corrected chi connectivity index (χ2v) is 6.56. The van der Waals surface area contributed by atoms with E-state index in [-0.39, 0.29) is 6.61 Å². The molecule has 0 amide bonds. The fourth-order valence-corrected chi connectivity index (χ4v) is 3.25. The summed E-state index contributed by atoms with van der Waals surface area (Å²) in [5, 5.41) is 2.31. The van der Waals surface area contributed by atoms with E-state index in [4.69, 9.17) is 4.74 Å². The molecule has 1 N–H and O–H groups in total. The summed E-state index contributed by atoms with van der Waals surface area (Å²) in [6, 6.07) is 6.62. The van der Waals surface area contributed by atoms with Gasteiger partial charge in [0.05, 0.1) is 18.1 Å². The van der Waals surface area contributed by atoms with E-state index in [1.807, 2.05) is 0 Å². The highest BCUT2D eigenvalue weighted by atomic mass is 79.9. The van der Waals surface area contributed by atoms with Crippen molar-refractivity contribution < 1.29 is 13.2 Å². The molecule has 1 fully saturated rings. The van der Waals surface area contributed by atoms with E-state index in [1.165, 1.54) is 0 Å². The van der Waals surface area contributed by atoms with E-state index in [9.17, 15) is 8.42 Å². The fraction of sp³-hybridized carbons (Fsp3) is 0.400. The summed E-state index contributed by atoms with van der Waals surface area (Å²) in [4.78, 5) is 0.318. The Morgan fingerprint density at radius 3 is 2.56 bits per heavy atom. The number of ether oxygens (including phenoxy) is 1. The first-order valence-corrected chi connectivity index (χ1v) is 7.25. The minimum atomic E-state index is -3.34. The molecule has 4 nitrogen and oxygen atoms in total. The van der Waals surface area contributed by atoms with Gasteiger partial charge in [-0.25, -0.2) is 8.42 Å². The first-order chi connectivity index (χ1) is 7.60. The highest BCUT2D eigenvalue weighted by Crippen LogP contribution is 2.19. The van der Waals surface area contributed by atoms with Gasteiger partial charge in [0.1, 0.15) is 5.37 Å². The third kappa shape index (κ3) is 2.45. The molecule has 0 radical (unpaired) electrons. The quantitative estimate of drug-likeness (QED) is 0.891.